The standard InChI is InChI=1S/C21H24N4O4/c1-3-29-21(27)13-25-19-6-7-24(12-15(19)11-23-25)20(26)8-14-10-22-18-5-4-16(28-2)9-17(14)18/h4-5,9-11,22H,3,6-8,12-13H2,1-2H3. The first kappa shape index (κ1) is 19.0. The lowest BCUT2D eigenvalue weighted by Crippen LogP contribution is -2.37. The number of nitrogens with one attached hydrogen (secondary N) is 1. The maximum absolute atomic E-state index is 12.9. The molecule has 2 aromatic heterocycles. The number of aromatic amines is 1. The second-order valence-corrected chi connectivity index (χ2v) is 7.05. The van der Waals surface area contributed by atoms with Crippen LogP contribution in [0.5, 0.6) is 5.75 Å². The predicted molar refractivity (Wildman–Crippen MR) is 107 cm³/mol. The molecule has 8 heteroatoms. The van der Waals surface area contributed by atoms with E-state index in [-0.39, 0.29) is 18.4 Å². The summed E-state index contributed by atoms with van der Waals surface area (Å²) in [5.74, 6) is 0.534. The first-order valence-electron chi connectivity index (χ1n) is 9.70. The van der Waals surface area contributed by atoms with Gasteiger partial charge in [-0.3, -0.25) is 14.3 Å². The molecule has 4 rings (SSSR count). The smallest absolute Gasteiger partial charge is 0.327 e. The third-order valence-corrected chi connectivity index (χ3v) is 5.27. The van der Waals surface area contributed by atoms with Crippen molar-refractivity contribution < 1.29 is 19.1 Å². The molecule has 1 aromatic carbocycles. The fraction of sp³-hybridized carbons (Fsp3) is 0.381. The minimum Gasteiger partial charge on any atom is -0.497 e. The van der Waals surface area contributed by atoms with Crippen molar-refractivity contribution in [3.05, 3.63) is 47.4 Å². The number of carbonyl (C=O) groups is 2. The number of esters is 1. The summed E-state index contributed by atoms with van der Waals surface area (Å²) in [5.41, 5.74) is 3.91. The number of hydrogen-bond acceptors (Lipinski definition) is 5. The van der Waals surface area contributed by atoms with E-state index in [9.17, 15) is 9.59 Å². The molecule has 0 saturated heterocycles. The molecule has 0 aliphatic carbocycles. The molecule has 1 aliphatic heterocycles. The Balaban J connectivity index is 1.45. The molecular formula is C21H24N4O4. The lowest BCUT2D eigenvalue weighted by molar-refractivity contribution is -0.144. The van der Waals surface area contributed by atoms with Crippen LogP contribution in [0.25, 0.3) is 10.9 Å². The van der Waals surface area contributed by atoms with Crippen LogP contribution in [0.2, 0.25) is 0 Å². The Morgan fingerprint density at radius 3 is 2.97 bits per heavy atom. The minimum absolute atomic E-state index is 0.0671. The van der Waals surface area contributed by atoms with Crippen molar-refractivity contribution in [3.63, 3.8) is 0 Å². The van der Waals surface area contributed by atoms with Crippen molar-refractivity contribution in [2.75, 3.05) is 20.3 Å². The predicted octanol–water partition coefficient (Wildman–Crippen LogP) is 2.06. The Hall–Kier alpha value is -3.29. The van der Waals surface area contributed by atoms with Gasteiger partial charge in [0.05, 0.1) is 26.3 Å². The van der Waals surface area contributed by atoms with Crippen molar-refractivity contribution in [1.82, 2.24) is 19.7 Å². The fourth-order valence-corrected chi connectivity index (χ4v) is 3.78. The summed E-state index contributed by atoms with van der Waals surface area (Å²) in [4.78, 5) is 29.7. The number of benzene rings is 1. The summed E-state index contributed by atoms with van der Waals surface area (Å²) in [7, 11) is 1.63. The van der Waals surface area contributed by atoms with E-state index in [2.05, 4.69) is 10.1 Å². The van der Waals surface area contributed by atoms with E-state index in [1.165, 1.54) is 0 Å². The van der Waals surface area contributed by atoms with Crippen molar-refractivity contribution >= 4 is 22.8 Å². The van der Waals surface area contributed by atoms with Gasteiger partial charge >= 0.3 is 5.97 Å². The van der Waals surface area contributed by atoms with E-state index < -0.39 is 0 Å². The van der Waals surface area contributed by atoms with Crippen LogP contribution in [-0.4, -0.2) is 51.8 Å². The highest BCUT2D eigenvalue weighted by Gasteiger charge is 2.25. The van der Waals surface area contributed by atoms with E-state index in [1.54, 1.807) is 24.9 Å². The van der Waals surface area contributed by atoms with Crippen LogP contribution >= 0.6 is 0 Å². The summed E-state index contributed by atoms with van der Waals surface area (Å²) >= 11 is 0. The van der Waals surface area contributed by atoms with Crippen molar-refractivity contribution in [2.45, 2.75) is 32.9 Å². The Morgan fingerprint density at radius 2 is 2.17 bits per heavy atom. The molecule has 0 saturated carbocycles. The lowest BCUT2D eigenvalue weighted by atomic mass is 10.1. The second-order valence-electron chi connectivity index (χ2n) is 7.05. The summed E-state index contributed by atoms with van der Waals surface area (Å²) in [5, 5.41) is 5.31. The minimum atomic E-state index is -0.299. The molecule has 1 N–H and O–H groups in total. The number of rotatable bonds is 6. The zero-order valence-corrected chi connectivity index (χ0v) is 16.6. The highest BCUT2D eigenvalue weighted by atomic mass is 16.5. The largest absolute Gasteiger partial charge is 0.497 e. The number of carbonyl (C=O) groups excluding carboxylic acids is 2. The molecule has 1 amide bonds. The molecule has 152 valence electrons. The zero-order chi connectivity index (χ0) is 20.4. The van der Waals surface area contributed by atoms with E-state index in [4.69, 9.17) is 9.47 Å². The lowest BCUT2D eigenvalue weighted by Gasteiger charge is -2.27. The van der Waals surface area contributed by atoms with E-state index in [0.29, 0.717) is 32.5 Å². The Bertz CT molecular complexity index is 1050. The number of hydrogen-bond donors (Lipinski definition) is 1. The van der Waals surface area contributed by atoms with E-state index >= 15 is 0 Å². The molecule has 0 fully saturated rings. The van der Waals surface area contributed by atoms with Gasteiger partial charge in [-0.2, -0.15) is 5.10 Å². The number of amides is 1. The van der Waals surface area contributed by atoms with Gasteiger partial charge in [-0.15, -0.1) is 0 Å². The number of nitrogens with zero attached hydrogens (tertiary/aromatic N) is 3. The van der Waals surface area contributed by atoms with Crippen LogP contribution in [0.4, 0.5) is 0 Å². The first-order chi connectivity index (χ1) is 14.1. The Kier molecular flexibility index (Phi) is 5.24. The molecule has 3 heterocycles. The summed E-state index contributed by atoms with van der Waals surface area (Å²) < 4.78 is 12.0. The van der Waals surface area contributed by atoms with Crippen LogP contribution < -0.4 is 4.74 Å². The monoisotopic (exact) mass is 396 g/mol. The maximum atomic E-state index is 12.9. The van der Waals surface area contributed by atoms with E-state index in [1.807, 2.05) is 29.3 Å². The number of methoxy groups -OCH3 is 1. The Morgan fingerprint density at radius 1 is 1.31 bits per heavy atom. The van der Waals surface area contributed by atoms with Gasteiger partial charge < -0.3 is 19.4 Å². The number of fused-ring (bicyclic) bond motifs is 2. The average molecular weight is 396 g/mol. The topological polar surface area (TPSA) is 89.5 Å². The third kappa shape index (κ3) is 3.83. The zero-order valence-electron chi connectivity index (χ0n) is 16.6. The van der Waals surface area contributed by atoms with Gasteiger partial charge in [0.25, 0.3) is 0 Å². The van der Waals surface area contributed by atoms with Gasteiger partial charge in [-0.05, 0) is 30.7 Å². The molecule has 0 unspecified atom stereocenters. The van der Waals surface area contributed by atoms with Gasteiger partial charge in [0, 0.05) is 47.9 Å². The van der Waals surface area contributed by atoms with Gasteiger partial charge in [0.1, 0.15) is 12.3 Å². The van der Waals surface area contributed by atoms with Crippen LogP contribution in [-0.2, 0) is 40.3 Å². The molecule has 29 heavy (non-hydrogen) atoms. The van der Waals surface area contributed by atoms with E-state index in [0.717, 1.165) is 33.5 Å². The van der Waals surface area contributed by atoms with Crippen LogP contribution in [0, 0.1) is 0 Å². The second kappa shape index (κ2) is 7.98. The average Bonchev–Trinajstić information content (AvgIpc) is 3.31. The van der Waals surface area contributed by atoms with Crippen LogP contribution in [0.3, 0.4) is 0 Å². The molecule has 8 nitrogen and oxygen atoms in total. The first-order valence-corrected chi connectivity index (χ1v) is 9.70. The summed E-state index contributed by atoms with van der Waals surface area (Å²) in [6.45, 7) is 3.34. The molecule has 1 aliphatic rings. The van der Waals surface area contributed by atoms with Crippen molar-refractivity contribution in [1.29, 1.82) is 0 Å². The molecule has 0 radical (unpaired) electrons. The number of H-pyrrole nitrogens is 1. The normalized spacial score (nSPS) is 13.4. The molecular weight excluding hydrogens is 372 g/mol. The molecule has 0 spiro atoms. The molecule has 3 aromatic rings. The highest BCUT2D eigenvalue weighted by Crippen LogP contribution is 2.25. The van der Waals surface area contributed by atoms with Gasteiger partial charge in [-0.25, -0.2) is 0 Å². The quantitative estimate of drug-likeness (QED) is 0.644. The number of ether oxygens (including phenoxy) is 2. The SMILES string of the molecule is CCOC(=O)Cn1ncc2c1CCN(C(=O)Cc1c[nH]c3ccc(OC)cc13)C2. The summed E-state index contributed by atoms with van der Waals surface area (Å²) in [6, 6.07) is 5.79. The van der Waals surface area contributed by atoms with Crippen molar-refractivity contribution in [3.8, 4) is 5.75 Å². The van der Waals surface area contributed by atoms with Crippen LogP contribution in [0.15, 0.2) is 30.6 Å². The maximum Gasteiger partial charge on any atom is 0.327 e. The number of aromatic nitrogens is 3. The third-order valence-electron chi connectivity index (χ3n) is 5.27. The fourth-order valence-electron chi connectivity index (χ4n) is 3.78. The van der Waals surface area contributed by atoms with Gasteiger partial charge in [-0.1, -0.05) is 0 Å². The summed E-state index contributed by atoms with van der Waals surface area (Å²) in [6.07, 6.45) is 4.61. The van der Waals surface area contributed by atoms with Gasteiger partial charge in [0.2, 0.25) is 5.91 Å². The van der Waals surface area contributed by atoms with Crippen LogP contribution in [0.1, 0.15) is 23.7 Å². The highest BCUT2D eigenvalue weighted by molar-refractivity contribution is 5.89. The molecule has 0 atom stereocenters. The van der Waals surface area contributed by atoms with Gasteiger partial charge in [0.15, 0.2) is 0 Å². The molecule has 0 bridgehead atoms. The Labute approximate surface area is 168 Å². The van der Waals surface area contributed by atoms with Crippen molar-refractivity contribution in [2.24, 2.45) is 0 Å².